The van der Waals surface area contributed by atoms with Gasteiger partial charge in [0.25, 0.3) is 0 Å². The van der Waals surface area contributed by atoms with E-state index in [4.69, 9.17) is 0 Å². The van der Waals surface area contributed by atoms with E-state index in [2.05, 4.69) is 49.4 Å². The molecule has 0 spiro atoms. The second kappa shape index (κ2) is 2.71. The molecule has 1 unspecified atom stereocenters. The minimum absolute atomic E-state index is 0.527. The summed E-state index contributed by atoms with van der Waals surface area (Å²) in [6, 6.07) is 18.1. The molecule has 0 bridgehead atoms. The SMILES string of the molecule is CC1c2c[c]ccc2-c2ccccc21. The van der Waals surface area contributed by atoms with Gasteiger partial charge < -0.3 is 0 Å². The van der Waals surface area contributed by atoms with Crippen LogP contribution in [0.3, 0.4) is 0 Å². The van der Waals surface area contributed by atoms with E-state index in [0.29, 0.717) is 5.92 Å². The van der Waals surface area contributed by atoms with Crippen molar-refractivity contribution in [3.63, 3.8) is 0 Å². The Bertz CT molecular complexity index is 437. The second-order valence-corrected chi connectivity index (χ2v) is 3.82. The van der Waals surface area contributed by atoms with Crippen LogP contribution in [0.1, 0.15) is 24.0 Å². The van der Waals surface area contributed by atoms with Gasteiger partial charge in [0.15, 0.2) is 0 Å². The molecule has 0 N–H and O–H groups in total. The predicted molar refractivity (Wildman–Crippen MR) is 58.2 cm³/mol. The smallest absolute Gasteiger partial charge is 0.00735 e. The van der Waals surface area contributed by atoms with Crippen LogP contribution < -0.4 is 0 Å². The van der Waals surface area contributed by atoms with E-state index in [1.54, 1.807) is 0 Å². The fourth-order valence-electron chi connectivity index (χ4n) is 2.33. The largest absolute Gasteiger partial charge is 0.0619 e. The molecule has 2 aromatic rings. The van der Waals surface area contributed by atoms with Gasteiger partial charge in [-0.2, -0.15) is 0 Å². The minimum atomic E-state index is 0.527. The molecule has 67 valence electrons. The van der Waals surface area contributed by atoms with Crippen molar-refractivity contribution >= 4 is 0 Å². The van der Waals surface area contributed by atoms with Gasteiger partial charge in [-0.1, -0.05) is 43.3 Å². The van der Waals surface area contributed by atoms with Crippen LogP contribution in [0.4, 0.5) is 0 Å². The quantitative estimate of drug-likeness (QED) is 0.579. The molecule has 1 aliphatic rings. The number of hydrogen-bond acceptors (Lipinski definition) is 0. The molecular weight excluding hydrogens is 168 g/mol. The van der Waals surface area contributed by atoms with Crippen LogP contribution in [0.15, 0.2) is 42.5 Å². The van der Waals surface area contributed by atoms with Gasteiger partial charge >= 0.3 is 0 Å². The Labute approximate surface area is 84.2 Å². The lowest BCUT2D eigenvalue weighted by atomic mass is 10.00. The van der Waals surface area contributed by atoms with Crippen molar-refractivity contribution in [2.75, 3.05) is 0 Å². The van der Waals surface area contributed by atoms with Crippen LogP contribution in [0.2, 0.25) is 0 Å². The van der Waals surface area contributed by atoms with Crippen molar-refractivity contribution in [3.05, 3.63) is 59.7 Å². The van der Waals surface area contributed by atoms with E-state index in [-0.39, 0.29) is 0 Å². The average Bonchev–Trinajstić information content (AvgIpc) is 2.55. The third-order valence-corrected chi connectivity index (χ3v) is 3.08. The number of fused-ring (bicyclic) bond motifs is 3. The normalized spacial score (nSPS) is 13.8. The predicted octanol–water partition coefficient (Wildman–Crippen LogP) is 3.62. The van der Waals surface area contributed by atoms with Crippen molar-refractivity contribution < 1.29 is 0 Å². The van der Waals surface area contributed by atoms with Gasteiger partial charge in [0.2, 0.25) is 0 Å². The van der Waals surface area contributed by atoms with Gasteiger partial charge in [-0.25, -0.2) is 0 Å². The monoisotopic (exact) mass is 179 g/mol. The highest BCUT2D eigenvalue weighted by molar-refractivity contribution is 5.78. The fraction of sp³-hybridized carbons (Fsp3) is 0.143. The van der Waals surface area contributed by atoms with Crippen molar-refractivity contribution in [1.29, 1.82) is 0 Å². The summed E-state index contributed by atoms with van der Waals surface area (Å²) in [4.78, 5) is 0. The topological polar surface area (TPSA) is 0 Å². The zero-order chi connectivity index (χ0) is 9.54. The first-order valence-corrected chi connectivity index (χ1v) is 4.97. The van der Waals surface area contributed by atoms with Crippen molar-refractivity contribution in [2.45, 2.75) is 12.8 Å². The third-order valence-electron chi connectivity index (χ3n) is 3.08. The van der Waals surface area contributed by atoms with E-state index >= 15 is 0 Å². The van der Waals surface area contributed by atoms with E-state index in [0.717, 1.165) is 0 Å². The Morgan fingerprint density at radius 2 is 1.79 bits per heavy atom. The van der Waals surface area contributed by atoms with Crippen LogP contribution in [0.25, 0.3) is 11.1 Å². The van der Waals surface area contributed by atoms with Gasteiger partial charge in [0.1, 0.15) is 0 Å². The Balaban J connectivity index is 2.36. The minimum Gasteiger partial charge on any atom is -0.0619 e. The molecule has 1 radical (unpaired) electrons. The molecule has 0 aromatic heterocycles. The molecule has 1 aliphatic carbocycles. The molecule has 0 heterocycles. The first-order chi connectivity index (χ1) is 6.88. The first kappa shape index (κ1) is 7.81. The summed E-state index contributed by atoms with van der Waals surface area (Å²) >= 11 is 0. The highest BCUT2D eigenvalue weighted by atomic mass is 14.3. The maximum atomic E-state index is 3.16. The van der Waals surface area contributed by atoms with Crippen molar-refractivity contribution in [2.24, 2.45) is 0 Å². The molecule has 3 rings (SSSR count). The van der Waals surface area contributed by atoms with Crippen LogP contribution in [-0.2, 0) is 0 Å². The Hall–Kier alpha value is -1.56. The summed E-state index contributed by atoms with van der Waals surface area (Å²) in [7, 11) is 0. The van der Waals surface area contributed by atoms with E-state index in [1.165, 1.54) is 22.3 Å². The van der Waals surface area contributed by atoms with Crippen LogP contribution in [0, 0.1) is 6.07 Å². The molecule has 0 amide bonds. The van der Waals surface area contributed by atoms with E-state index < -0.39 is 0 Å². The van der Waals surface area contributed by atoms with Crippen LogP contribution in [0.5, 0.6) is 0 Å². The molecule has 14 heavy (non-hydrogen) atoms. The Morgan fingerprint density at radius 1 is 1.00 bits per heavy atom. The van der Waals surface area contributed by atoms with Gasteiger partial charge in [-0.05, 0) is 34.4 Å². The first-order valence-electron chi connectivity index (χ1n) is 4.97. The Kier molecular flexibility index (Phi) is 1.51. The highest BCUT2D eigenvalue weighted by Crippen LogP contribution is 2.43. The zero-order valence-corrected chi connectivity index (χ0v) is 8.12. The van der Waals surface area contributed by atoms with E-state index in [1.807, 2.05) is 6.07 Å². The summed E-state index contributed by atoms with van der Waals surface area (Å²) in [6.45, 7) is 2.26. The van der Waals surface area contributed by atoms with Gasteiger partial charge in [-0.3, -0.25) is 0 Å². The van der Waals surface area contributed by atoms with Crippen LogP contribution >= 0.6 is 0 Å². The third kappa shape index (κ3) is 0.884. The summed E-state index contributed by atoms with van der Waals surface area (Å²) in [5.74, 6) is 0.527. The average molecular weight is 179 g/mol. The van der Waals surface area contributed by atoms with Crippen molar-refractivity contribution in [1.82, 2.24) is 0 Å². The van der Waals surface area contributed by atoms with Crippen LogP contribution in [-0.4, -0.2) is 0 Å². The Morgan fingerprint density at radius 3 is 2.71 bits per heavy atom. The molecule has 1 atom stereocenters. The lowest BCUT2D eigenvalue weighted by molar-refractivity contribution is 0.956. The standard InChI is InChI=1S/C14H11/c1-10-11-6-2-4-8-13(11)14-9-5-3-7-12(10)14/h2,4-10H,1H3. The molecule has 0 heteroatoms. The number of hydrogen-bond donors (Lipinski definition) is 0. The number of rotatable bonds is 0. The molecule has 0 nitrogen and oxygen atoms in total. The fourth-order valence-corrected chi connectivity index (χ4v) is 2.33. The van der Waals surface area contributed by atoms with E-state index in [9.17, 15) is 0 Å². The molecule has 0 saturated heterocycles. The summed E-state index contributed by atoms with van der Waals surface area (Å²) in [6.07, 6.45) is 0. The highest BCUT2D eigenvalue weighted by Gasteiger charge is 2.23. The number of benzene rings is 2. The van der Waals surface area contributed by atoms with Gasteiger partial charge in [0, 0.05) is 5.92 Å². The molecule has 2 aromatic carbocycles. The summed E-state index contributed by atoms with van der Waals surface area (Å²) in [5, 5.41) is 0. The van der Waals surface area contributed by atoms with Crippen molar-refractivity contribution in [3.8, 4) is 11.1 Å². The zero-order valence-electron chi connectivity index (χ0n) is 8.12. The summed E-state index contributed by atoms with van der Waals surface area (Å²) < 4.78 is 0. The lowest BCUT2D eigenvalue weighted by Crippen LogP contribution is -1.88. The molecule has 0 saturated carbocycles. The lowest BCUT2D eigenvalue weighted by Gasteiger charge is -2.04. The molecule has 0 aliphatic heterocycles. The second-order valence-electron chi connectivity index (χ2n) is 3.82. The maximum absolute atomic E-state index is 3.16. The maximum Gasteiger partial charge on any atom is 0.00735 e. The summed E-state index contributed by atoms with van der Waals surface area (Å²) in [5.41, 5.74) is 5.63. The van der Waals surface area contributed by atoms with Gasteiger partial charge in [0.05, 0.1) is 0 Å². The molecule has 0 fully saturated rings. The molecular formula is C14H11. The van der Waals surface area contributed by atoms with Gasteiger partial charge in [-0.15, -0.1) is 0 Å².